The lowest BCUT2D eigenvalue weighted by Crippen LogP contribution is -2.03. The Labute approximate surface area is 143 Å². The summed E-state index contributed by atoms with van der Waals surface area (Å²) in [4.78, 5) is 13.8. The van der Waals surface area contributed by atoms with Crippen LogP contribution in [0, 0.1) is 13.8 Å². The van der Waals surface area contributed by atoms with Crippen LogP contribution in [-0.2, 0) is 6.42 Å². The van der Waals surface area contributed by atoms with Gasteiger partial charge in [-0.05, 0) is 51.8 Å². The molecule has 0 amide bonds. The average Bonchev–Trinajstić information content (AvgIpc) is 2.88. The summed E-state index contributed by atoms with van der Waals surface area (Å²) in [6.45, 7) is 14.8. The summed E-state index contributed by atoms with van der Waals surface area (Å²) in [6, 6.07) is 6.66. The molecule has 4 heteroatoms. The molecular formula is C20H24N4. The second-order valence-electron chi connectivity index (χ2n) is 6.46. The van der Waals surface area contributed by atoms with E-state index in [1.807, 2.05) is 20.0 Å². The molecule has 3 aromatic heterocycles. The van der Waals surface area contributed by atoms with Crippen LogP contribution in [0.2, 0.25) is 0 Å². The van der Waals surface area contributed by atoms with E-state index in [9.17, 15) is 0 Å². The van der Waals surface area contributed by atoms with Crippen LogP contribution in [0.3, 0.4) is 0 Å². The van der Waals surface area contributed by atoms with Crippen LogP contribution in [0.15, 0.2) is 31.0 Å². The second kappa shape index (κ2) is 6.19. The van der Waals surface area contributed by atoms with Crippen LogP contribution < -0.4 is 0 Å². The predicted molar refractivity (Wildman–Crippen MR) is 99.1 cm³/mol. The molecule has 0 saturated heterocycles. The minimum absolute atomic E-state index is 0.340. The minimum Gasteiger partial charge on any atom is -0.324 e. The van der Waals surface area contributed by atoms with E-state index >= 15 is 0 Å². The molecule has 24 heavy (non-hydrogen) atoms. The van der Waals surface area contributed by atoms with Crippen LogP contribution >= 0.6 is 0 Å². The first-order valence-electron chi connectivity index (χ1n) is 8.43. The molecular weight excluding hydrogens is 296 g/mol. The number of rotatable bonds is 4. The van der Waals surface area contributed by atoms with Gasteiger partial charge in [-0.1, -0.05) is 19.6 Å². The number of pyridine rings is 2. The van der Waals surface area contributed by atoms with Gasteiger partial charge >= 0.3 is 0 Å². The first-order chi connectivity index (χ1) is 11.4. The Morgan fingerprint density at radius 3 is 2.58 bits per heavy atom. The first kappa shape index (κ1) is 16.4. The Balaban J connectivity index is 2.09. The van der Waals surface area contributed by atoms with Gasteiger partial charge in [-0.2, -0.15) is 0 Å². The lowest BCUT2D eigenvalue weighted by molar-refractivity contribution is 0.600. The van der Waals surface area contributed by atoms with E-state index in [0.29, 0.717) is 6.04 Å². The van der Waals surface area contributed by atoms with Gasteiger partial charge < -0.3 is 4.57 Å². The van der Waals surface area contributed by atoms with E-state index in [0.717, 1.165) is 51.5 Å². The third-order valence-electron chi connectivity index (χ3n) is 4.42. The second-order valence-corrected chi connectivity index (χ2v) is 6.46. The molecule has 0 saturated carbocycles. The van der Waals surface area contributed by atoms with Gasteiger partial charge in [0, 0.05) is 34.8 Å². The highest BCUT2D eigenvalue weighted by Gasteiger charge is 2.14. The molecule has 0 N–H and O–H groups in total. The van der Waals surface area contributed by atoms with Crippen molar-refractivity contribution in [3.63, 3.8) is 0 Å². The third kappa shape index (κ3) is 2.73. The highest BCUT2D eigenvalue weighted by atomic mass is 15.1. The topological polar surface area (TPSA) is 43.6 Å². The Morgan fingerprint density at radius 2 is 1.96 bits per heavy atom. The molecule has 0 aliphatic heterocycles. The van der Waals surface area contributed by atoms with Gasteiger partial charge in [-0.25, -0.2) is 9.97 Å². The van der Waals surface area contributed by atoms with Gasteiger partial charge in [0.15, 0.2) is 5.65 Å². The number of aryl methyl sites for hydroxylation is 3. The normalized spacial score (nSPS) is 11.4. The molecule has 0 aromatic carbocycles. The van der Waals surface area contributed by atoms with Crippen molar-refractivity contribution in [2.45, 2.75) is 47.1 Å². The molecule has 0 aliphatic rings. The van der Waals surface area contributed by atoms with Gasteiger partial charge in [-0.3, -0.25) is 4.98 Å². The summed E-state index contributed by atoms with van der Waals surface area (Å²) in [5.41, 5.74) is 6.98. The van der Waals surface area contributed by atoms with Gasteiger partial charge in [-0.15, -0.1) is 0 Å². The number of imidazole rings is 1. The molecule has 0 atom stereocenters. The maximum atomic E-state index is 4.65. The summed E-state index contributed by atoms with van der Waals surface area (Å²) >= 11 is 0. The number of hydrogen-bond acceptors (Lipinski definition) is 3. The Hall–Kier alpha value is -2.49. The summed E-state index contributed by atoms with van der Waals surface area (Å²) in [6.07, 6.45) is 2.79. The van der Waals surface area contributed by atoms with E-state index in [1.165, 1.54) is 0 Å². The Kier molecular flexibility index (Phi) is 4.22. The molecule has 0 fully saturated rings. The van der Waals surface area contributed by atoms with Crippen molar-refractivity contribution in [3.05, 3.63) is 59.3 Å². The van der Waals surface area contributed by atoms with Crippen molar-refractivity contribution in [2.24, 2.45) is 0 Å². The highest BCUT2D eigenvalue weighted by molar-refractivity contribution is 5.84. The molecule has 0 radical (unpaired) electrons. The molecule has 0 bridgehead atoms. The molecule has 0 aliphatic carbocycles. The lowest BCUT2D eigenvalue weighted by atomic mass is 9.99. The van der Waals surface area contributed by atoms with Crippen molar-refractivity contribution >= 4 is 16.7 Å². The zero-order valence-corrected chi connectivity index (χ0v) is 15.1. The zero-order chi connectivity index (χ0) is 17.4. The van der Waals surface area contributed by atoms with E-state index in [4.69, 9.17) is 0 Å². The van der Waals surface area contributed by atoms with E-state index < -0.39 is 0 Å². The van der Waals surface area contributed by atoms with Crippen LogP contribution in [0.25, 0.3) is 16.7 Å². The lowest BCUT2D eigenvalue weighted by Gasteiger charge is -2.13. The fourth-order valence-electron chi connectivity index (χ4n) is 3.19. The molecule has 4 nitrogen and oxygen atoms in total. The Morgan fingerprint density at radius 1 is 1.21 bits per heavy atom. The smallest absolute Gasteiger partial charge is 0.177 e. The first-order valence-corrected chi connectivity index (χ1v) is 8.43. The van der Waals surface area contributed by atoms with Crippen LogP contribution in [-0.4, -0.2) is 19.5 Å². The molecule has 3 aromatic rings. The van der Waals surface area contributed by atoms with Crippen LogP contribution in [0.4, 0.5) is 0 Å². The van der Waals surface area contributed by atoms with Crippen LogP contribution in [0.1, 0.15) is 55.2 Å². The molecule has 3 rings (SSSR count). The van der Waals surface area contributed by atoms with Crippen molar-refractivity contribution < 1.29 is 0 Å². The average molecular weight is 320 g/mol. The maximum absolute atomic E-state index is 4.65. The van der Waals surface area contributed by atoms with E-state index in [1.54, 1.807) is 0 Å². The quantitative estimate of drug-likeness (QED) is 0.703. The number of aromatic nitrogens is 4. The number of nitrogens with zero attached hydrogens (tertiary/aromatic N) is 4. The number of fused-ring (bicyclic) bond motifs is 1. The molecule has 0 spiro atoms. The fraction of sp³-hybridized carbons (Fsp3) is 0.350. The largest absolute Gasteiger partial charge is 0.324 e. The highest BCUT2D eigenvalue weighted by Crippen LogP contribution is 2.27. The molecule has 0 unspecified atom stereocenters. The Bertz CT molecular complexity index is 919. The summed E-state index contributed by atoms with van der Waals surface area (Å²) in [7, 11) is 0. The van der Waals surface area contributed by atoms with E-state index in [-0.39, 0.29) is 0 Å². The summed E-state index contributed by atoms with van der Waals surface area (Å²) < 4.78 is 2.21. The maximum Gasteiger partial charge on any atom is 0.177 e. The van der Waals surface area contributed by atoms with Gasteiger partial charge in [0.05, 0.1) is 5.52 Å². The minimum atomic E-state index is 0.340. The van der Waals surface area contributed by atoms with Crippen LogP contribution in [0.5, 0.6) is 0 Å². The molecule has 3 heterocycles. The summed E-state index contributed by atoms with van der Waals surface area (Å²) in [5, 5.41) is 0. The molecule has 124 valence electrons. The number of hydrogen-bond donors (Lipinski definition) is 0. The zero-order valence-electron chi connectivity index (χ0n) is 15.1. The van der Waals surface area contributed by atoms with Gasteiger partial charge in [0.25, 0.3) is 0 Å². The van der Waals surface area contributed by atoms with Crippen molar-refractivity contribution in [2.75, 3.05) is 0 Å². The monoisotopic (exact) mass is 320 g/mol. The fourth-order valence-corrected chi connectivity index (χ4v) is 3.19. The SMILES string of the molecule is C=C(c1cnc2nc(C)n(C(C)C)c2c1)c1ccc(CC)nc1C. The summed E-state index contributed by atoms with van der Waals surface area (Å²) in [5.74, 6) is 0.986. The van der Waals surface area contributed by atoms with Gasteiger partial charge in [0.1, 0.15) is 5.82 Å². The predicted octanol–water partition coefficient (Wildman–Crippen LogP) is 4.65. The standard InChI is InChI=1S/C20H24N4/c1-7-17-8-9-18(14(5)22-17)13(4)16-10-19-20(21-11-16)23-15(6)24(19)12(2)3/h8-12H,4,7H2,1-3,5-6H3. The van der Waals surface area contributed by atoms with Crippen molar-refractivity contribution in [1.82, 2.24) is 19.5 Å². The third-order valence-corrected chi connectivity index (χ3v) is 4.42. The van der Waals surface area contributed by atoms with Crippen molar-refractivity contribution in [1.29, 1.82) is 0 Å². The van der Waals surface area contributed by atoms with Gasteiger partial charge in [0.2, 0.25) is 0 Å². The van der Waals surface area contributed by atoms with E-state index in [2.05, 4.69) is 65.1 Å². The van der Waals surface area contributed by atoms with Crippen molar-refractivity contribution in [3.8, 4) is 0 Å².